The first-order valence-corrected chi connectivity index (χ1v) is 11.1. The highest BCUT2D eigenvalue weighted by molar-refractivity contribution is 7.90. The van der Waals surface area contributed by atoms with Gasteiger partial charge in [-0.15, -0.1) is 0 Å². The summed E-state index contributed by atoms with van der Waals surface area (Å²) < 4.78 is 38.9. The monoisotopic (exact) mass is 463 g/mol. The Kier molecular flexibility index (Phi) is 5.60. The number of hydrogen-bond acceptors (Lipinski definition) is 5. The predicted octanol–water partition coefficient (Wildman–Crippen LogP) is 4.19. The molecule has 0 fully saturated rings. The number of fused-ring (bicyclic) bond motifs is 2. The van der Waals surface area contributed by atoms with Crippen LogP contribution in [-0.4, -0.2) is 20.6 Å². The topological polar surface area (TPSA) is 81.7 Å². The minimum atomic E-state index is -4.31. The fourth-order valence-electron chi connectivity index (χ4n) is 3.02. The van der Waals surface area contributed by atoms with Crippen LogP contribution in [0, 0.1) is 0 Å². The number of carbonyl (C=O) groups is 1. The number of amides is 1. The molecule has 0 radical (unpaired) electrons. The Morgan fingerprint density at radius 2 is 1.47 bits per heavy atom. The number of nitrogens with one attached hydrogen (secondary N) is 1. The molecule has 0 atom stereocenters. The largest absolute Gasteiger partial charge is 0.446 e. The molecule has 1 amide bonds. The van der Waals surface area contributed by atoms with Gasteiger partial charge in [-0.25, -0.2) is 13.1 Å². The van der Waals surface area contributed by atoms with Gasteiger partial charge in [0.15, 0.2) is 0 Å². The van der Waals surface area contributed by atoms with Gasteiger partial charge in [0.2, 0.25) is 0 Å². The first-order valence-electron chi connectivity index (χ1n) is 8.84. The van der Waals surface area contributed by atoms with Crippen molar-refractivity contribution in [2.75, 3.05) is 0 Å². The lowest BCUT2D eigenvalue weighted by Crippen LogP contribution is -2.45. The van der Waals surface area contributed by atoms with E-state index in [0.29, 0.717) is 17.9 Å². The molecule has 1 aliphatic heterocycles. The molecule has 1 heterocycles. The second-order valence-electron chi connectivity index (χ2n) is 6.50. The third-order valence-electron chi connectivity index (χ3n) is 4.43. The zero-order chi connectivity index (χ0) is 21.3. The number of carbonyl (C=O) groups excluding carboxylic acids is 1. The van der Waals surface area contributed by atoms with Crippen LogP contribution in [0.2, 0.25) is 10.0 Å². The minimum Gasteiger partial charge on any atom is -0.446 e. The van der Waals surface area contributed by atoms with Crippen molar-refractivity contribution >= 4 is 39.1 Å². The molecule has 3 aromatic carbocycles. The molecule has 6 nitrogen and oxygen atoms in total. The number of benzene rings is 3. The second-order valence-corrected chi connectivity index (χ2v) is 9.00. The molecule has 154 valence electrons. The van der Waals surface area contributed by atoms with Gasteiger partial charge in [0.1, 0.15) is 16.4 Å². The van der Waals surface area contributed by atoms with E-state index in [1.54, 1.807) is 24.3 Å². The van der Waals surface area contributed by atoms with Crippen LogP contribution in [0.25, 0.3) is 0 Å². The second kappa shape index (κ2) is 8.18. The molecule has 0 unspecified atom stereocenters. The average molecular weight is 464 g/mol. The Balaban J connectivity index is 1.67. The molecule has 30 heavy (non-hydrogen) atoms. The van der Waals surface area contributed by atoms with E-state index in [2.05, 4.69) is 0 Å². The van der Waals surface area contributed by atoms with Gasteiger partial charge in [-0.3, -0.25) is 4.79 Å². The van der Waals surface area contributed by atoms with Gasteiger partial charge >= 0.3 is 12.2 Å². The van der Waals surface area contributed by atoms with E-state index >= 15 is 0 Å². The molecule has 0 spiro atoms. The number of rotatable bonds is 3. The summed E-state index contributed by atoms with van der Waals surface area (Å²) in [5.74, 6) is -0.159. The standard InChI is InChI=1S/C21H15Cl2NO5S/c22-15-9-10-16(23)19(12-15)30(26,27)24-20(25)21-28-17-7-3-1-5-13(17)11-14-6-2-4-8-18(14)29-21/h1-10,12,21H,11H2,(H,24,25). The van der Waals surface area contributed by atoms with Gasteiger partial charge in [0.25, 0.3) is 10.0 Å². The molecule has 3 aromatic rings. The van der Waals surface area contributed by atoms with Crippen LogP contribution in [0.5, 0.6) is 11.5 Å². The zero-order valence-electron chi connectivity index (χ0n) is 15.3. The first-order chi connectivity index (χ1) is 14.3. The number of para-hydroxylation sites is 2. The Morgan fingerprint density at radius 1 is 0.900 bits per heavy atom. The van der Waals surface area contributed by atoms with Crippen LogP contribution in [0.15, 0.2) is 71.6 Å². The quantitative estimate of drug-likeness (QED) is 0.629. The van der Waals surface area contributed by atoms with Gasteiger partial charge in [-0.1, -0.05) is 59.6 Å². The molecular formula is C21H15Cl2NO5S. The van der Waals surface area contributed by atoms with Crippen LogP contribution in [0.1, 0.15) is 11.1 Å². The van der Waals surface area contributed by atoms with Crippen molar-refractivity contribution in [2.24, 2.45) is 0 Å². The minimum absolute atomic E-state index is 0.0742. The molecule has 1 N–H and O–H groups in total. The summed E-state index contributed by atoms with van der Waals surface area (Å²) in [6.45, 7) is 0. The Hall–Kier alpha value is -2.74. The third-order valence-corrected chi connectivity index (χ3v) is 6.49. The lowest BCUT2D eigenvalue weighted by molar-refractivity contribution is -0.138. The van der Waals surface area contributed by atoms with Gasteiger partial charge in [-0.05, 0) is 41.5 Å². The van der Waals surface area contributed by atoms with Crippen molar-refractivity contribution < 1.29 is 22.7 Å². The zero-order valence-corrected chi connectivity index (χ0v) is 17.7. The smallest absolute Gasteiger partial charge is 0.322 e. The van der Waals surface area contributed by atoms with Crippen LogP contribution >= 0.6 is 23.2 Å². The van der Waals surface area contributed by atoms with Crippen molar-refractivity contribution in [3.63, 3.8) is 0 Å². The lowest BCUT2D eigenvalue weighted by Gasteiger charge is -2.25. The summed E-state index contributed by atoms with van der Waals surface area (Å²) in [6.07, 6.45) is -1.00. The normalized spacial score (nSPS) is 13.7. The maximum atomic E-state index is 12.9. The summed E-state index contributed by atoms with van der Waals surface area (Å²) in [4.78, 5) is 12.5. The third kappa shape index (κ3) is 4.23. The Morgan fingerprint density at radius 3 is 2.07 bits per heavy atom. The van der Waals surface area contributed by atoms with Gasteiger partial charge in [0, 0.05) is 11.4 Å². The lowest BCUT2D eigenvalue weighted by atomic mass is 10.0. The van der Waals surface area contributed by atoms with Crippen LogP contribution in [0.4, 0.5) is 0 Å². The maximum absolute atomic E-state index is 12.9. The molecule has 0 bridgehead atoms. The summed E-state index contributed by atoms with van der Waals surface area (Å²) in [5.41, 5.74) is 1.68. The first kappa shape index (κ1) is 20.5. The van der Waals surface area contributed by atoms with Crippen molar-refractivity contribution in [1.29, 1.82) is 0 Å². The predicted molar refractivity (Wildman–Crippen MR) is 113 cm³/mol. The molecule has 0 aromatic heterocycles. The molecule has 9 heteroatoms. The van der Waals surface area contributed by atoms with Crippen LogP contribution in [0.3, 0.4) is 0 Å². The molecular weight excluding hydrogens is 449 g/mol. The Labute approximate surface area is 183 Å². The average Bonchev–Trinajstić information content (AvgIpc) is 2.69. The van der Waals surface area contributed by atoms with E-state index in [1.165, 1.54) is 12.1 Å². The molecule has 0 saturated heterocycles. The van der Waals surface area contributed by atoms with E-state index in [-0.39, 0.29) is 14.9 Å². The van der Waals surface area contributed by atoms with Crippen molar-refractivity contribution in [3.8, 4) is 11.5 Å². The number of sulfonamides is 1. The fraction of sp³-hybridized carbons (Fsp3) is 0.0952. The SMILES string of the molecule is O=C(NS(=O)(=O)c1cc(Cl)ccc1Cl)C1Oc2ccccc2Cc2ccccc2O1. The van der Waals surface area contributed by atoms with Crippen molar-refractivity contribution in [3.05, 3.63) is 87.9 Å². The molecule has 1 aliphatic rings. The highest BCUT2D eigenvalue weighted by atomic mass is 35.5. The van der Waals surface area contributed by atoms with E-state index in [0.717, 1.165) is 17.2 Å². The number of hydrogen-bond donors (Lipinski definition) is 1. The fourth-order valence-corrected chi connectivity index (χ4v) is 4.75. The summed E-state index contributed by atoms with van der Waals surface area (Å²) in [5, 5.41) is 0.0865. The van der Waals surface area contributed by atoms with Gasteiger partial charge in [-0.2, -0.15) is 0 Å². The van der Waals surface area contributed by atoms with Crippen LogP contribution in [-0.2, 0) is 21.2 Å². The van der Waals surface area contributed by atoms with E-state index in [9.17, 15) is 13.2 Å². The summed E-state index contributed by atoms with van der Waals surface area (Å²) in [6, 6.07) is 18.3. The van der Waals surface area contributed by atoms with Gasteiger partial charge in [0.05, 0.1) is 5.02 Å². The summed E-state index contributed by atoms with van der Waals surface area (Å²) in [7, 11) is -4.31. The van der Waals surface area contributed by atoms with E-state index in [4.69, 9.17) is 32.7 Å². The Bertz CT molecular complexity index is 1180. The highest BCUT2D eigenvalue weighted by Crippen LogP contribution is 2.31. The number of halogens is 2. The van der Waals surface area contributed by atoms with E-state index in [1.807, 2.05) is 29.0 Å². The van der Waals surface area contributed by atoms with Crippen LogP contribution < -0.4 is 14.2 Å². The molecule has 0 aliphatic carbocycles. The summed E-state index contributed by atoms with van der Waals surface area (Å²) >= 11 is 11.9. The maximum Gasteiger partial charge on any atom is 0.322 e. The van der Waals surface area contributed by atoms with Gasteiger partial charge < -0.3 is 9.47 Å². The highest BCUT2D eigenvalue weighted by Gasteiger charge is 2.31. The molecule has 0 saturated carbocycles. The van der Waals surface area contributed by atoms with E-state index < -0.39 is 22.2 Å². The molecule has 4 rings (SSSR count). The number of ether oxygens (including phenoxy) is 2. The van der Waals surface area contributed by atoms with Crippen molar-refractivity contribution in [2.45, 2.75) is 17.6 Å². The van der Waals surface area contributed by atoms with Crippen molar-refractivity contribution in [1.82, 2.24) is 4.72 Å².